The minimum absolute atomic E-state index is 0.617. The Balaban J connectivity index is 2.07. The maximum absolute atomic E-state index is 11.4. The topological polar surface area (TPSA) is 32.3 Å². The minimum atomic E-state index is -0.617. The van der Waals surface area contributed by atoms with Crippen LogP contribution in [0.4, 0.5) is 5.69 Å². The van der Waals surface area contributed by atoms with Gasteiger partial charge in [-0.05, 0) is 40.2 Å². The summed E-state index contributed by atoms with van der Waals surface area (Å²) in [4.78, 5) is 2.31. The van der Waals surface area contributed by atoms with Crippen molar-refractivity contribution in [3.63, 3.8) is 0 Å². The highest BCUT2D eigenvalue weighted by Crippen LogP contribution is 2.28. The number of nitrogens with one attached hydrogen (secondary N) is 1. The van der Waals surface area contributed by atoms with Crippen molar-refractivity contribution in [2.24, 2.45) is 0 Å². The van der Waals surface area contributed by atoms with Crippen molar-refractivity contribution in [3.05, 3.63) is 28.2 Å². The molecule has 0 atom stereocenters. The van der Waals surface area contributed by atoms with Crippen molar-refractivity contribution in [1.82, 2.24) is 5.32 Å². The second-order valence-corrected chi connectivity index (χ2v) is 6.95. The monoisotopic (exact) mass is 330 g/mol. The highest BCUT2D eigenvalue weighted by atomic mass is 79.9. The molecule has 1 fully saturated rings. The van der Waals surface area contributed by atoms with Crippen molar-refractivity contribution in [1.29, 1.82) is 0 Å². The summed E-state index contributed by atoms with van der Waals surface area (Å²) in [5, 5.41) is 3.32. The number of halogens is 1. The molecular weight excluding hydrogens is 312 g/mol. The molecule has 0 spiro atoms. The van der Waals surface area contributed by atoms with Crippen molar-refractivity contribution in [2.45, 2.75) is 13.5 Å². The molecule has 1 aliphatic rings. The van der Waals surface area contributed by atoms with Crippen LogP contribution in [0.5, 0.6) is 0 Å². The second kappa shape index (κ2) is 6.68. The second-order valence-electron chi connectivity index (χ2n) is 4.40. The standard InChI is InChI=1S/C13H19BrN2OS/c1-2-15-10-11-3-4-13(12(14)9-11)16-5-7-18(17)8-6-16/h3-4,9,15H,2,5-8,10H2,1H3. The lowest BCUT2D eigenvalue weighted by Crippen LogP contribution is -2.37. The molecule has 0 amide bonds. The quantitative estimate of drug-likeness (QED) is 0.917. The number of benzene rings is 1. The molecule has 1 aromatic rings. The molecule has 0 bridgehead atoms. The van der Waals surface area contributed by atoms with Crippen LogP contribution in [0.25, 0.3) is 0 Å². The third-order valence-corrected chi connectivity index (χ3v) is 5.02. The van der Waals surface area contributed by atoms with Crippen LogP contribution in [-0.2, 0) is 17.3 Å². The lowest BCUT2D eigenvalue weighted by Gasteiger charge is -2.29. The molecule has 0 aromatic heterocycles. The Morgan fingerprint density at radius 2 is 2.11 bits per heavy atom. The summed E-state index contributed by atoms with van der Waals surface area (Å²) in [7, 11) is -0.617. The average Bonchev–Trinajstić information content (AvgIpc) is 2.38. The van der Waals surface area contributed by atoms with Gasteiger partial charge in [-0.1, -0.05) is 13.0 Å². The van der Waals surface area contributed by atoms with E-state index in [1.54, 1.807) is 0 Å². The van der Waals surface area contributed by atoms with Gasteiger partial charge in [0.15, 0.2) is 0 Å². The molecule has 0 radical (unpaired) electrons. The van der Waals surface area contributed by atoms with E-state index in [2.05, 4.69) is 51.3 Å². The van der Waals surface area contributed by atoms with Gasteiger partial charge >= 0.3 is 0 Å². The van der Waals surface area contributed by atoms with Gasteiger partial charge in [-0.25, -0.2) is 0 Å². The zero-order chi connectivity index (χ0) is 13.0. The van der Waals surface area contributed by atoms with Crippen LogP contribution < -0.4 is 10.2 Å². The van der Waals surface area contributed by atoms with Gasteiger partial charge in [0.25, 0.3) is 0 Å². The van der Waals surface area contributed by atoms with Crippen molar-refractivity contribution in [2.75, 3.05) is 36.0 Å². The van der Waals surface area contributed by atoms with Gasteiger partial charge in [-0.15, -0.1) is 0 Å². The molecule has 1 aromatic carbocycles. The summed E-state index contributed by atoms with van der Waals surface area (Å²) in [6.07, 6.45) is 0. The number of anilines is 1. The third-order valence-electron chi connectivity index (χ3n) is 3.11. The highest BCUT2D eigenvalue weighted by molar-refractivity contribution is 9.10. The summed E-state index contributed by atoms with van der Waals surface area (Å²) in [5.74, 6) is 1.57. The van der Waals surface area contributed by atoms with Gasteiger partial charge in [0, 0.05) is 46.4 Å². The molecule has 2 rings (SSSR count). The Morgan fingerprint density at radius 1 is 1.39 bits per heavy atom. The fraction of sp³-hybridized carbons (Fsp3) is 0.538. The Hall–Kier alpha value is -0.390. The van der Waals surface area contributed by atoms with Crippen LogP contribution in [0.2, 0.25) is 0 Å². The van der Waals surface area contributed by atoms with E-state index in [9.17, 15) is 4.21 Å². The molecule has 0 aliphatic carbocycles. The molecule has 18 heavy (non-hydrogen) atoms. The van der Waals surface area contributed by atoms with E-state index in [-0.39, 0.29) is 0 Å². The molecule has 100 valence electrons. The summed E-state index contributed by atoms with van der Waals surface area (Å²) < 4.78 is 12.5. The molecule has 1 heterocycles. The molecule has 0 unspecified atom stereocenters. The molecule has 1 aliphatic heterocycles. The molecule has 1 N–H and O–H groups in total. The number of nitrogens with zero attached hydrogens (tertiary/aromatic N) is 1. The van der Waals surface area contributed by atoms with Crippen LogP contribution in [0.3, 0.4) is 0 Å². The average molecular weight is 331 g/mol. The van der Waals surface area contributed by atoms with E-state index in [0.717, 1.165) is 42.2 Å². The van der Waals surface area contributed by atoms with E-state index in [1.165, 1.54) is 11.3 Å². The summed E-state index contributed by atoms with van der Waals surface area (Å²) >= 11 is 3.64. The number of hydrogen-bond acceptors (Lipinski definition) is 3. The van der Waals surface area contributed by atoms with Crippen molar-refractivity contribution in [3.8, 4) is 0 Å². The van der Waals surface area contributed by atoms with Crippen LogP contribution in [0.1, 0.15) is 12.5 Å². The van der Waals surface area contributed by atoms with Gasteiger partial charge < -0.3 is 10.2 Å². The van der Waals surface area contributed by atoms with Gasteiger partial charge in [-0.3, -0.25) is 4.21 Å². The van der Waals surface area contributed by atoms with Gasteiger partial charge in [0.2, 0.25) is 0 Å². The zero-order valence-corrected chi connectivity index (χ0v) is 13.0. The summed E-state index contributed by atoms with van der Waals surface area (Å²) in [6, 6.07) is 6.49. The predicted octanol–water partition coefficient (Wildman–Crippen LogP) is 2.13. The lowest BCUT2D eigenvalue weighted by molar-refractivity contribution is 0.673. The molecule has 5 heteroatoms. The van der Waals surface area contributed by atoms with Crippen LogP contribution in [-0.4, -0.2) is 35.3 Å². The van der Waals surface area contributed by atoms with E-state index in [4.69, 9.17) is 0 Å². The number of rotatable bonds is 4. The predicted molar refractivity (Wildman–Crippen MR) is 81.6 cm³/mol. The Kier molecular flexibility index (Phi) is 5.21. The fourth-order valence-electron chi connectivity index (χ4n) is 2.06. The lowest BCUT2D eigenvalue weighted by atomic mass is 10.2. The van der Waals surface area contributed by atoms with Gasteiger partial charge in [0.1, 0.15) is 0 Å². The first-order valence-electron chi connectivity index (χ1n) is 6.29. The fourth-order valence-corrected chi connectivity index (χ4v) is 3.79. The smallest absolute Gasteiger partial charge is 0.0511 e. The Morgan fingerprint density at radius 3 is 2.72 bits per heavy atom. The van der Waals surface area contributed by atoms with Gasteiger partial charge in [0.05, 0.1) is 5.69 Å². The van der Waals surface area contributed by atoms with Crippen LogP contribution >= 0.6 is 15.9 Å². The molecule has 1 saturated heterocycles. The van der Waals surface area contributed by atoms with Crippen LogP contribution in [0.15, 0.2) is 22.7 Å². The van der Waals surface area contributed by atoms with E-state index in [0.29, 0.717) is 0 Å². The molecule has 3 nitrogen and oxygen atoms in total. The first-order valence-corrected chi connectivity index (χ1v) is 8.58. The largest absolute Gasteiger partial charge is 0.369 e. The SMILES string of the molecule is CCNCc1ccc(N2CCS(=O)CC2)c(Br)c1. The first kappa shape index (κ1) is 14.0. The van der Waals surface area contributed by atoms with Crippen molar-refractivity contribution < 1.29 is 4.21 Å². The first-order chi connectivity index (χ1) is 8.70. The van der Waals surface area contributed by atoms with E-state index >= 15 is 0 Å². The normalized spacial score (nSPS) is 17.1. The molecular formula is C13H19BrN2OS. The maximum atomic E-state index is 11.4. The Labute approximate surface area is 120 Å². The Bertz CT molecular complexity index is 429. The third kappa shape index (κ3) is 3.56. The number of hydrogen-bond donors (Lipinski definition) is 1. The van der Waals surface area contributed by atoms with Gasteiger partial charge in [-0.2, -0.15) is 0 Å². The molecule has 0 saturated carbocycles. The highest BCUT2D eigenvalue weighted by Gasteiger charge is 2.17. The zero-order valence-electron chi connectivity index (χ0n) is 10.6. The summed E-state index contributed by atoms with van der Waals surface area (Å²) in [5.41, 5.74) is 2.50. The van der Waals surface area contributed by atoms with E-state index in [1.807, 2.05) is 0 Å². The maximum Gasteiger partial charge on any atom is 0.0511 e. The minimum Gasteiger partial charge on any atom is -0.369 e. The van der Waals surface area contributed by atoms with Crippen LogP contribution in [0, 0.1) is 0 Å². The summed E-state index contributed by atoms with van der Waals surface area (Å²) in [6.45, 7) is 5.77. The van der Waals surface area contributed by atoms with Crippen molar-refractivity contribution >= 4 is 32.4 Å². The van der Waals surface area contributed by atoms with E-state index < -0.39 is 10.8 Å².